The van der Waals surface area contributed by atoms with Gasteiger partial charge in [0.2, 0.25) is 0 Å². The summed E-state index contributed by atoms with van der Waals surface area (Å²) in [5.74, 6) is 0.140. The minimum Gasteiger partial charge on any atom is -0.391 e. The number of rotatable bonds is 5. The molecule has 4 rings (SSSR count). The van der Waals surface area contributed by atoms with Crippen LogP contribution in [0, 0.1) is 0 Å². The molecule has 0 saturated heterocycles. The van der Waals surface area contributed by atoms with Crippen LogP contribution in [0.3, 0.4) is 0 Å². The summed E-state index contributed by atoms with van der Waals surface area (Å²) >= 11 is 0. The number of nitrogens with one attached hydrogen (secondary N) is 1. The number of benzene rings is 1. The predicted octanol–water partition coefficient (Wildman–Crippen LogP) is 3.82. The Kier molecular flexibility index (Phi) is 4.87. The van der Waals surface area contributed by atoms with E-state index in [1.807, 2.05) is 30.5 Å². The van der Waals surface area contributed by atoms with Crippen molar-refractivity contribution in [3.05, 3.63) is 72.1 Å². The van der Waals surface area contributed by atoms with E-state index >= 15 is 0 Å². The van der Waals surface area contributed by atoms with Gasteiger partial charge < -0.3 is 10.1 Å². The summed E-state index contributed by atoms with van der Waals surface area (Å²) in [6, 6.07) is 14.4. The summed E-state index contributed by atoms with van der Waals surface area (Å²) in [6.07, 6.45) is 6.80. The lowest BCUT2D eigenvalue weighted by molar-refractivity contribution is 0.0989. The summed E-state index contributed by atoms with van der Waals surface area (Å²) in [4.78, 5) is 9.96. The van der Waals surface area contributed by atoms with Crippen LogP contribution in [-0.2, 0) is 0 Å². The first-order chi connectivity index (χ1) is 12.7. The zero-order valence-corrected chi connectivity index (χ0v) is 15.1. The first-order valence-electron chi connectivity index (χ1n) is 9.29. The van der Waals surface area contributed by atoms with E-state index in [1.165, 1.54) is 22.1 Å². The molecule has 1 aliphatic heterocycles. The molecule has 0 saturated carbocycles. The lowest BCUT2D eigenvalue weighted by Crippen LogP contribution is -2.37. The Labute approximate surface area is 154 Å². The largest absolute Gasteiger partial charge is 0.391 e. The first kappa shape index (κ1) is 17.0. The molecule has 0 amide bonds. The minimum atomic E-state index is -0.357. The van der Waals surface area contributed by atoms with Crippen molar-refractivity contribution < 1.29 is 5.11 Å². The maximum atomic E-state index is 10.6. The fourth-order valence-electron chi connectivity index (χ4n) is 3.74. The van der Waals surface area contributed by atoms with Gasteiger partial charge in [0.1, 0.15) is 5.65 Å². The smallest absolute Gasteiger partial charge is 0.137 e. The third kappa shape index (κ3) is 3.43. The molecule has 134 valence electrons. The molecule has 0 aliphatic carbocycles. The number of aliphatic hydroxyl groups excluding tert-OH is 1. The Hall–Kier alpha value is -2.43. The normalized spacial score (nSPS) is 17.8. The highest BCUT2D eigenvalue weighted by atomic mass is 16.3. The van der Waals surface area contributed by atoms with E-state index in [4.69, 9.17) is 0 Å². The molecule has 1 aliphatic rings. The van der Waals surface area contributed by atoms with E-state index in [2.05, 4.69) is 52.3 Å². The van der Waals surface area contributed by atoms with E-state index in [9.17, 15) is 5.11 Å². The van der Waals surface area contributed by atoms with E-state index < -0.39 is 0 Å². The number of hydrogen-bond acceptors (Lipinski definition) is 3. The Bertz CT molecular complexity index is 900. The van der Waals surface area contributed by atoms with Gasteiger partial charge in [0.15, 0.2) is 0 Å². The van der Waals surface area contributed by atoms with Crippen LogP contribution in [0.25, 0.3) is 16.6 Å². The van der Waals surface area contributed by atoms with Crippen LogP contribution in [-0.4, -0.2) is 45.7 Å². The fraction of sp³-hybridized carbons (Fsp3) is 0.318. The Morgan fingerprint density at radius 1 is 1.19 bits per heavy atom. The zero-order chi connectivity index (χ0) is 17.9. The van der Waals surface area contributed by atoms with Gasteiger partial charge in [-0.3, -0.25) is 4.90 Å². The van der Waals surface area contributed by atoms with Gasteiger partial charge >= 0.3 is 0 Å². The molecule has 3 heterocycles. The van der Waals surface area contributed by atoms with Crippen molar-refractivity contribution >= 4 is 16.6 Å². The molecule has 2 aromatic heterocycles. The monoisotopic (exact) mass is 347 g/mol. The topological polar surface area (TPSA) is 52.1 Å². The highest BCUT2D eigenvalue weighted by Gasteiger charge is 2.22. The quantitative estimate of drug-likeness (QED) is 0.738. The van der Waals surface area contributed by atoms with Crippen molar-refractivity contribution in [3.63, 3.8) is 0 Å². The van der Waals surface area contributed by atoms with E-state index in [-0.39, 0.29) is 12.0 Å². The molecule has 26 heavy (non-hydrogen) atoms. The van der Waals surface area contributed by atoms with Crippen molar-refractivity contribution in [1.82, 2.24) is 14.9 Å². The van der Waals surface area contributed by atoms with Gasteiger partial charge in [-0.05, 0) is 29.7 Å². The van der Waals surface area contributed by atoms with Crippen molar-refractivity contribution in [2.45, 2.75) is 25.4 Å². The van der Waals surface area contributed by atoms with Gasteiger partial charge in [-0.2, -0.15) is 0 Å². The number of pyridine rings is 1. The molecule has 1 aromatic carbocycles. The van der Waals surface area contributed by atoms with Gasteiger partial charge in [0, 0.05) is 48.9 Å². The van der Waals surface area contributed by atoms with Crippen LogP contribution in [0.4, 0.5) is 0 Å². The summed E-state index contributed by atoms with van der Waals surface area (Å²) in [6.45, 7) is 4.65. The number of hydrogen-bond donors (Lipinski definition) is 2. The van der Waals surface area contributed by atoms with Gasteiger partial charge in [-0.1, -0.05) is 43.3 Å². The molecule has 4 heteroatoms. The second-order valence-corrected chi connectivity index (χ2v) is 7.11. The van der Waals surface area contributed by atoms with E-state index in [1.54, 1.807) is 0 Å². The van der Waals surface area contributed by atoms with Gasteiger partial charge in [0.25, 0.3) is 0 Å². The molecule has 0 spiro atoms. The number of H-pyrrole nitrogens is 1. The molecule has 0 radical (unpaired) electrons. The average molecular weight is 347 g/mol. The highest BCUT2D eigenvalue weighted by molar-refractivity contribution is 5.90. The van der Waals surface area contributed by atoms with Crippen LogP contribution in [0.1, 0.15) is 30.4 Å². The Morgan fingerprint density at radius 2 is 2.04 bits per heavy atom. The third-order valence-corrected chi connectivity index (χ3v) is 5.44. The molecular weight excluding hydrogens is 322 g/mol. The number of aromatic nitrogens is 2. The van der Waals surface area contributed by atoms with Crippen molar-refractivity contribution in [2.75, 3.05) is 19.6 Å². The number of aromatic amines is 1. The minimum absolute atomic E-state index is 0.140. The highest BCUT2D eigenvalue weighted by Crippen LogP contribution is 2.29. The summed E-state index contributed by atoms with van der Waals surface area (Å²) in [7, 11) is 0. The van der Waals surface area contributed by atoms with Crippen LogP contribution in [0.15, 0.2) is 60.9 Å². The summed E-state index contributed by atoms with van der Waals surface area (Å²) in [5, 5.41) is 11.8. The van der Waals surface area contributed by atoms with Crippen LogP contribution < -0.4 is 0 Å². The second kappa shape index (κ2) is 7.44. The van der Waals surface area contributed by atoms with Crippen molar-refractivity contribution in [3.8, 4) is 0 Å². The average Bonchev–Trinajstić information content (AvgIpc) is 3.13. The first-order valence-corrected chi connectivity index (χ1v) is 9.29. The summed E-state index contributed by atoms with van der Waals surface area (Å²) in [5.41, 5.74) is 4.76. The lowest BCUT2D eigenvalue weighted by atomic mass is 9.94. The number of nitrogens with zero attached hydrogens (tertiary/aromatic N) is 2. The molecule has 2 unspecified atom stereocenters. The summed E-state index contributed by atoms with van der Waals surface area (Å²) < 4.78 is 0. The SMILES string of the molecule is CC(c1ccccc1)C(O)CN1CC=C(c2c[nH]c3ncccc23)CC1. The number of fused-ring (bicyclic) bond motifs is 1. The molecule has 0 fully saturated rings. The van der Waals surface area contributed by atoms with Crippen molar-refractivity contribution in [1.29, 1.82) is 0 Å². The van der Waals surface area contributed by atoms with Crippen LogP contribution in [0.2, 0.25) is 0 Å². The maximum Gasteiger partial charge on any atom is 0.137 e. The second-order valence-electron chi connectivity index (χ2n) is 7.11. The van der Waals surface area contributed by atoms with E-state index in [0.29, 0.717) is 6.54 Å². The standard InChI is InChI=1S/C22H25N3O/c1-16(17-6-3-2-4-7-17)21(26)15-25-12-9-18(10-13-25)20-14-24-22-19(20)8-5-11-23-22/h2-9,11,14,16,21,26H,10,12-13,15H2,1H3,(H,23,24). The molecule has 4 nitrogen and oxygen atoms in total. The molecular formula is C22H25N3O. The van der Waals surface area contributed by atoms with Gasteiger partial charge in [-0.25, -0.2) is 4.98 Å². The third-order valence-electron chi connectivity index (χ3n) is 5.44. The zero-order valence-electron chi connectivity index (χ0n) is 15.1. The molecule has 3 aromatic rings. The fourth-order valence-corrected chi connectivity index (χ4v) is 3.74. The Morgan fingerprint density at radius 3 is 2.81 bits per heavy atom. The van der Waals surface area contributed by atoms with Crippen LogP contribution >= 0.6 is 0 Å². The van der Waals surface area contributed by atoms with Gasteiger partial charge in [0.05, 0.1) is 6.10 Å². The molecule has 2 atom stereocenters. The predicted molar refractivity (Wildman–Crippen MR) is 106 cm³/mol. The van der Waals surface area contributed by atoms with Crippen molar-refractivity contribution in [2.24, 2.45) is 0 Å². The lowest BCUT2D eigenvalue weighted by Gasteiger charge is -2.30. The number of aliphatic hydroxyl groups is 1. The molecule has 2 N–H and O–H groups in total. The van der Waals surface area contributed by atoms with Crippen LogP contribution in [0.5, 0.6) is 0 Å². The van der Waals surface area contributed by atoms with Gasteiger partial charge in [-0.15, -0.1) is 0 Å². The van der Waals surface area contributed by atoms with E-state index in [0.717, 1.165) is 25.2 Å². The Balaban J connectivity index is 1.41. The molecule has 0 bridgehead atoms. The number of β-amino-alcohol motifs (C(OH)–C–C–N with tert-alkyl or cyclic N) is 1. The maximum absolute atomic E-state index is 10.6.